The molecule has 1 nitrogen and oxygen atoms in total. The maximum Gasteiger partial charge on any atom is 0.422 e. The first-order valence-electron chi connectivity index (χ1n) is 3.95. The van der Waals surface area contributed by atoms with Crippen LogP contribution in [0.25, 0.3) is 0 Å². The van der Waals surface area contributed by atoms with Crippen molar-refractivity contribution in [2.24, 2.45) is 0 Å². The van der Waals surface area contributed by atoms with Crippen molar-refractivity contribution in [1.82, 2.24) is 0 Å². The summed E-state index contributed by atoms with van der Waals surface area (Å²) in [7, 11) is 0. The van der Waals surface area contributed by atoms with Crippen LogP contribution >= 0.6 is 27.5 Å². The fraction of sp³-hybridized carbons (Fsp3) is 0.333. The molecule has 0 amide bonds. The monoisotopic (exact) mass is 302 g/mol. The summed E-state index contributed by atoms with van der Waals surface area (Å²) in [6.07, 6.45) is -4.37. The first kappa shape index (κ1) is 12.6. The maximum atomic E-state index is 11.9. The highest BCUT2D eigenvalue weighted by atomic mass is 79.9. The first-order chi connectivity index (χ1) is 6.81. The minimum Gasteiger partial charge on any atom is -0.481 e. The van der Waals surface area contributed by atoms with Gasteiger partial charge in [-0.3, -0.25) is 0 Å². The Kier molecular flexibility index (Phi) is 3.89. The number of alkyl halides is 3. The molecular weight excluding hydrogens is 296 g/mol. The van der Waals surface area contributed by atoms with Crippen molar-refractivity contribution in [3.8, 4) is 5.75 Å². The Bertz CT molecular complexity index is 365. The van der Waals surface area contributed by atoms with E-state index in [1.165, 1.54) is 6.07 Å². The van der Waals surface area contributed by atoms with Gasteiger partial charge in [-0.05, 0) is 34.5 Å². The average Bonchev–Trinajstić information content (AvgIpc) is 2.10. The van der Waals surface area contributed by atoms with Crippen LogP contribution in [0.15, 0.2) is 16.6 Å². The Hall–Kier alpha value is -0.420. The molecule has 6 heteroatoms. The zero-order valence-corrected chi connectivity index (χ0v) is 10.0. The van der Waals surface area contributed by atoms with Crippen molar-refractivity contribution in [3.05, 3.63) is 27.2 Å². The zero-order chi connectivity index (χ0) is 11.6. The molecular formula is C9H7BrClF3O. The summed E-state index contributed by atoms with van der Waals surface area (Å²) < 4.78 is 40.8. The van der Waals surface area contributed by atoms with E-state index in [9.17, 15) is 13.2 Å². The third-order valence-electron chi connectivity index (χ3n) is 1.62. The molecule has 1 rings (SSSR count). The topological polar surface area (TPSA) is 9.23 Å². The minimum atomic E-state index is -4.37. The first-order valence-corrected chi connectivity index (χ1v) is 5.12. The Balaban J connectivity index is 2.90. The second kappa shape index (κ2) is 4.61. The summed E-state index contributed by atoms with van der Waals surface area (Å²) in [5.41, 5.74) is 0.761. The van der Waals surface area contributed by atoms with Gasteiger partial charge < -0.3 is 4.74 Å². The number of aryl methyl sites for hydroxylation is 1. The summed E-state index contributed by atoms with van der Waals surface area (Å²) in [4.78, 5) is 0. The quantitative estimate of drug-likeness (QED) is 0.789. The number of benzene rings is 1. The predicted octanol–water partition coefficient (Wildman–Crippen LogP) is 4.35. The summed E-state index contributed by atoms with van der Waals surface area (Å²) in [6, 6.07) is 3.18. The van der Waals surface area contributed by atoms with Crippen molar-refractivity contribution in [3.63, 3.8) is 0 Å². The number of halogens is 5. The molecule has 0 aliphatic heterocycles. The fourth-order valence-corrected chi connectivity index (χ4v) is 1.70. The van der Waals surface area contributed by atoms with Crippen LogP contribution in [0.1, 0.15) is 5.56 Å². The van der Waals surface area contributed by atoms with Gasteiger partial charge in [0, 0.05) is 0 Å². The van der Waals surface area contributed by atoms with E-state index in [0.717, 1.165) is 5.56 Å². The molecule has 0 N–H and O–H groups in total. The fourth-order valence-electron chi connectivity index (χ4n) is 0.917. The van der Waals surface area contributed by atoms with Crippen molar-refractivity contribution < 1.29 is 17.9 Å². The number of hydrogen-bond acceptors (Lipinski definition) is 1. The smallest absolute Gasteiger partial charge is 0.422 e. The summed E-state index contributed by atoms with van der Waals surface area (Å²) >= 11 is 8.83. The molecule has 0 saturated heterocycles. The van der Waals surface area contributed by atoms with Crippen LogP contribution in [-0.4, -0.2) is 12.8 Å². The molecule has 15 heavy (non-hydrogen) atoms. The highest BCUT2D eigenvalue weighted by Gasteiger charge is 2.29. The van der Waals surface area contributed by atoms with Crippen LogP contribution in [0, 0.1) is 6.92 Å². The molecule has 0 fully saturated rings. The molecule has 1 aromatic rings. The molecule has 1 aromatic carbocycles. The molecule has 0 spiro atoms. The van der Waals surface area contributed by atoms with Gasteiger partial charge in [0.05, 0.1) is 9.50 Å². The molecule has 0 bridgehead atoms. The van der Waals surface area contributed by atoms with Gasteiger partial charge in [-0.2, -0.15) is 13.2 Å². The van der Waals surface area contributed by atoms with Crippen molar-refractivity contribution in [2.75, 3.05) is 6.61 Å². The van der Waals surface area contributed by atoms with E-state index < -0.39 is 12.8 Å². The Morgan fingerprint density at radius 2 is 2.00 bits per heavy atom. The van der Waals surface area contributed by atoms with Gasteiger partial charge in [-0.25, -0.2) is 0 Å². The maximum absolute atomic E-state index is 11.9. The Morgan fingerprint density at radius 3 is 2.53 bits per heavy atom. The van der Waals surface area contributed by atoms with Gasteiger partial charge in [0.15, 0.2) is 12.4 Å². The number of rotatable bonds is 2. The van der Waals surface area contributed by atoms with Crippen molar-refractivity contribution >= 4 is 27.5 Å². The van der Waals surface area contributed by atoms with Crippen LogP contribution in [0.3, 0.4) is 0 Å². The molecule has 84 valence electrons. The van der Waals surface area contributed by atoms with Crippen LogP contribution in [-0.2, 0) is 0 Å². The van der Waals surface area contributed by atoms with Crippen molar-refractivity contribution in [2.45, 2.75) is 13.1 Å². The molecule has 0 unspecified atom stereocenters. The van der Waals surface area contributed by atoms with Gasteiger partial charge in [-0.15, -0.1) is 0 Å². The molecule has 0 aromatic heterocycles. The van der Waals surface area contributed by atoms with E-state index in [4.69, 9.17) is 11.6 Å². The highest BCUT2D eigenvalue weighted by molar-refractivity contribution is 9.10. The van der Waals surface area contributed by atoms with Gasteiger partial charge in [0.2, 0.25) is 0 Å². The van der Waals surface area contributed by atoms with Gasteiger partial charge in [0.25, 0.3) is 0 Å². The van der Waals surface area contributed by atoms with Crippen LogP contribution in [0.4, 0.5) is 13.2 Å². The van der Waals surface area contributed by atoms with E-state index in [1.54, 1.807) is 13.0 Å². The second-order valence-electron chi connectivity index (χ2n) is 2.91. The van der Waals surface area contributed by atoms with Crippen molar-refractivity contribution in [1.29, 1.82) is 0 Å². The predicted molar refractivity (Wildman–Crippen MR) is 55.4 cm³/mol. The summed E-state index contributed by atoms with van der Waals surface area (Å²) in [5, 5.41) is 0.150. The number of ether oxygens (including phenoxy) is 1. The lowest BCUT2D eigenvalue weighted by Gasteiger charge is -2.13. The molecule has 0 aliphatic carbocycles. The van der Waals surface area contributed by atoms with Crippen LogP contribution in [0.2, 0.25) is 5.02 Å². The normalized spacial score (nSPS) is 11.6. The second-order valence-corrected chi connectivity index (χ2v) is 4.11. The van der Waals surface area contributed by atoms with E-state index in [2.05, 4.69) is 20.7 Å². The van der Waals surface area contributed by atoms with Gasteiger partial charge in [0.1, 0.15) is 0 Å². The Morgan fingerprint density at radius 1 is 1.40 bits per heavy atom. The standard InChI is InChI=1S/C9H7BrClF3O/c1-5-2-3-6(11)8(7(5)10)15-4-9(12,13)14/h2-3H,4H2,1H3. The van der Waals surface area contributed by atoms with E-state index in [0.29, 0.717) is 4.47 Å². The summed E-state index contributed by atoms with van der Waals surface area (Å²) in [6.45, 7) is 0.385. The third-order valence-corrected chi connectivity index (χ3v) is 2.91. The lowest BCUT2D eigenvalue weighted by atomic mass is 10.2. The zero-order valence-electron chi connectivity index (χ0n) is 7.66. The Labute approximate surface area is 98.3 Å². The molecule has 0 radical (unpaired) electrons. The lowest BCUT2D eigenvalue weighted by Crippen LogP contribution is -2.19. The SMILES string of the molecule is Cc1ccc(Cl)c(OCC(F)(F)F)c1Br. The highest BCUT2D eigenvalue weighted by Crippen LogP contribution is 2.36. The average molecular weight is 304 g/mol. The third kappa shape index (κ3) is 3.57. The number of hydrogen-bond donors (Lipinski definition) is 0. The van der Waals surface area contributed by atoms with Crippen LogP contribution in [0.5, 0.6) is 5.75 Å². The molecule has 0 heterocycles. The molecule has 0 atom stereocenters. The van der Waals surface area contributed by atoms with E-state index >= 15 is 0 Å². The van der Waals surface area contributed by atoms with E-state index in [-0.39, 0.29) is 10.8 Å². The molecule has 0 saturated carbocycles. The largest absolute Gasteiger partial charge is 0.481 e. The summed E-state index contributed by atoms with van der Waals surface area (Å²) in [5.74, 6) is 0.0222. The van der Waals surface area contributed by atoms with E-state index in [1.807, 2.05) is 0 Å². The van der Waals surface area contributed by atoms with Gasteiger partial charge >= 0.3 is 6.18 Å². The minimum absolute atomic E-state index is 0.0222. The van der Waals surface area contributed by atoms with Crippen LogP contribution < -0.4 is 4.74 Å². The lowest BCUT2D eigenvalue weighted by molar-refractivity contribution is -0.153. The molecule has 0 aliphatic rings. The van der Waals surface area contributed by atoms with Gasteiger partial charge in [-0.1, -0.05) is 17.7 Å².